The van der Waals surface area contributed by atoms with Crippen LogP contribution >= 0.6 is 27.5 Å². The molecule has 10 heteroatoms. The smallest absolute Gasteiger partial charge is 0.264 e. The number of rotatable bonds is 10. The molecule has 3 rings (SSSR count). The van der Waals surface area contributed by atoms with Gasteiger partial charge in [-0.05, 0) is 68.8 Å². The van der Waals surface area contributed by atoms with Gasteiger partial charge in [0.2, 0.25) is 11.8 Å². The van der Waals surface area contributed by atoms with Crippen molar-refractivity contribution in [3.8, 4) is 0 Å². The minimum Gasteiger partial charge on any atom is -0.355 e. The topological polar surface area (TPSA) is 86.8 Å². The van der Waals surface area contributed by atoms with Crippen LogP contribution in [0.4, 0.5) is 5.69 Å². The van der Waals surface area contributed by atoms with E-state index in [0.717, 1.165) is 15.4 Å². The van der Waals surface area contributed by atoms with Gasteiger partial charge in [-0.2, -0.15) is 0 Å². The zero-order chi connectivity index (χ0) is 27.2. The highest BCUT2D eigenvalue weighted by atomic mass is 79.9. The minimum absolute atomic E-state index is 0.0619. The van der Waals surface area contributed by atoms with E-state index in [4.69, 9.17) is 11.6 Å². The fourth-order valence-corrected chi connectivity index (χ4v) is 5.61. The van der Waals surface area contributed by atoms with Crippen LogP contribution in [0.1, 0.15) is 25.0 Å². The molecular formula is C27H29BrClN3O4S. The number of hydrogen-bond acceptors (Lipinski definition) is 4. The van der Waals surface area contributed by atoms with Crippen LogP contribution in [0, 0.1) is 6.92 Å². The van der Waals surface area contributed by atoms with Crippen LogP contribution in [0.3, 0.4) is 0 Å². The molecule has 7 nitrogen and oxygen atoms in total. The van der Waals surface area contributed by atoms with E-state index in [1.165, 1.54) is 17.0 Å². The van der Waals surface area contributed by atoms with E-state index in [9.17, 15) is 18.0 Å². The number of nitrogens with one attached hydrogen (secondary N) is 1. The summed E-state index contributed by atoms with van der Waals surface area (Å²) < 4.78 is 29.3. The molecule has 196 valence electrons. The summed E-state index contributed by atoms with van der Waals surface area (Å²) in [7, 11) is -4.10. The second-order valence-electron chi connectivity index (χ2n) is 8.52. The van der Waals surface area contributed by atoms with Gasteiger partial charge in [0.05, 0.1) is 10.6 Å². The Morgan fingerprint density at radius 2 is 1.68 bits per heavy atom. The quantitative estimate of drug-likeness (QED) is 0.346. The number of benzene rings is 3. The molecule has 0 radical (unpaired) electrons. The van der Waals surface area contributed by atoms with Crippen molar-refractivity contribution in [2.75, 3.05) is 17.4 Å². The lowest BCUT2D eigenvalue weighted by Crippen LogP contribution is -2.51. The van der Waals surface area contributed by atoms with Crippen molar-refractivity contribution in [2.24, 2.45) is 0 Å². The number of nitrogens with zero attached hydrogens (tertiary/aromatic N) is 2. The molecule has 1 unspecified atom stereocenters. The normalized spacial score (nSPS) is 12.0. The van der Waals surface area contributed by atoms with Gasteiger partial charge in [-0.15, -0.1) is 0 Å². The van der Waals surface area contributed by atoms with Gasteiger partial charge >= 0.3 is 0 Å². The van der Waals surface area contributed by atoms with Gasteiger partial charge in [-0.3, -0.25) is 13.9 Å². The molecule has 37 heavy (non-hydrogen) atoms. The van der Waals surface area contributed by atoms with Crippen molar-refractivity contribution in [3.63, 3.8) is 0 Å². The van der Waals surface area contributed by atoms with Crippen LogP contribution in [0.5, 0.6) is 0 Å². The fourth-order valence-electron chi connectivity index (χ4n) is 3.69. The molecule has 0 bridgehead atoms. The van der Waals surface area contributed by atoms with Crippen molar-refractivity contribution in [2.45, 2.75) is 38.3 Å². The highest BCUT2D eigenvalue weighted by Crippen LogP contribution is 2.27. The second-order valence-corrected chi connectivity index (χ2v) is 11.7. The molecule has 0 aromatic heterocycles. The molecule has 1 atom stereocenters. The van der Waals surface area contributed by atoms with Crippen molar-refractivity contribution >= 4 is 55.1 Å². The standard InChI is InChI=1S/C27H29BrClN3O4S/c1-4-30-27(34)20(3)31(17-21-10-12-23(29)13-11-21)26(33)18-32(24-7-5-6-22(28)16-24)37(35,36)25-14-8-19(2)9-15-25/h5-16,20H,4,17-18H2,1-3H3,(H,30,34). The summed E-state index contributed by atoms with van der Waals surface area (Å²) in [6.07, 6.45) is 0. The molecule has 3 aromatic rings. The summed E-state index contributed by atoms with van der Waals surface area (Å²) in [6, 6.07) is 19.3. The summed E-state index contributed by atoms with van der Waals surface area (Å²) in [6.45, 7) is 5.28. The minimum atomic E-state index is -4.10. The fraction of sp³-hybridized carbons (Fsp3) is 0.259. The average molecular weight is 607 g/mol. The first-order valence-corrected chi connectivity index (χ1v) is 14.3. The summed E-state index contributed by atoms with van der Waals surface area (Å²) in [5.74, 6) is -0.857. The summed E-state index contributed by atoms with van der Waals surface area (Å²) in [5, 5.41) is 3.28. The number of sulfonamides is 1. The maximum absolute atomic E-state index is 13.8. The Bertz CT molecular complexity index is 1350. The Kier molecular flexibility index (Phi) is 9.75. The first-order chi connectivity index (χ1) is 17.5. The Balaban J connectivity index is 2.02. The second kappa shape index (κ2) is 12.6. The molecule has 0 spiro atoms. The number of halogens is 2. The van der Waals surface area contributed by atoms with Crippen molar-refractivity contribution in [1.82, 2.24) is 10.2 Å². The van der Waals surface area contributed by atoms with Gasteiger partial charge in [0, 0.05) is 22.6 Å². The molecule has 1 N–H and O–H groups in total. The summed E-state index contributed by atoms with van der Waals surface area (Å²) in [5.41, 5.74) is 1.98. The molecular weight excluding hydrogens is 578 g/mol. The Morgan fingerprint density at radius 1 is 1.03 bits per heavy atom. The van der Waals surface area contributed by atoms with Crippen molar-refractivity contribution < 1.29 is 18.0 Å². The molecule has 0 aliphatic rings. The summed E-state index contributed by atoms with van der Waals surface area (Å²) in [4.78, 5) is 27.9. The number of amides is 2. The van der Waals surface area contributed by atoms with Crippen LogP contribution in [-0.4, -0.2) is 44.3 Å². The van der Waals surface area contributed by atoms with Crippen molar-refractivity contribution in [3.05, 3.63) is 93.4 Å². The largest absolute Gasteiger partial charge is 0.355 e. The lowest BCUT2D eigenvalue weighted by molar-refractivity contribution is -0.139. The van der Waals surface area contributed by atoms with Gasteiger partial charge in [0.1, 0.15) is 12.6 Å². The van der Waals surface area contributed by atoms with Crippen LogP contribution in [0.25, 0.3) is 0 Å². The van der Waals surface area contributed by atoms with E-state index in [0.29, 0.717) is 21.7 Å². The van der Waals surface area contributed by atoms with Gasteiger partial charge in [0.15, 0.2) is 0 Å². The Labute approximate surface area is 231 Å². The lowest BCUT2D eigenvalue weighted by atomic mass is 10.1. The Hall–Kier alpha value is -2.88. The van der Waals surface area contributed by atoms with Gasteiger partial charge in [0.25, 0.3) is 10.0 Å². The zero-order valence-corrected chi connectivity index (χ0v) is 24.0. The third kappa shape index (κ3) is 7.34. The molecule has 0 heterocycles. The molecule has 0 aliphatic heterocycles. The van der Waals surface area contributed by atoms with Gasteiger partial charge in [-0.1, -0.05) is 63.4 Å². The first-order valence-electron chi connectivity index (χ1n) is 11.7. The highest BCUT2D eigenvalue weighted by molar-refractivity contribution is 9.10. The Morgan fingerprint density at radius 3 is 2.27 bits per heavy atom. The van der Waals surface area contributed by atoms with Gasteiger partial charge in [-0.25, -0.2) is 8.42 Å². The maximum Gasteiger partial charge on any atom is 0.264 e. The van der Waals surface area contributed by atoms with E-state index < -0.39 is 28.5 Å². The maximum atomic E-state index is 13.8. The number of carbonyl (C=O) groups is 2. The highest BCUT2D eigenvalue weighted by Gasteiger charge is 2.32. The third-order valence-corrected chi connectivity index (χ3v) is 8.30. The number of carbonyl (C=O) groups excluding carboxylic acids is 2. The first kappa shape index (κ1) is 28.7. The van der Waals surface area contributed by atoms with E-state index in [1.807, 2.05) is 6.92 Å². The third-order valence-electron chi connectivity index (χ3n) is 5.77. The van der Waals surface area contributed by atoms with Crippen LogP contribution < -0.4 is 9.62 Å². The van der Waals surface area contributed by atoms with E-state index in [-0.39, 0.29) is 17.3 Å². The van der Waals surface area contributed by atoms with Crippen molar-refractivity contribution in [1.29, 1.82) is 0 Å². The molecule has 0 saturated heterocycles. The molecule has 2 amide bonds. The molecule has 0 aliphatic carbocycles. The van der Waals surface area contributed by atoms with E-state index in [1.54, 1.807) is 74.5 Å². The van der Waals surface area contributed by atoms with E-state index in [2.05, 4.69) is 21.2 Å². The predicted octanol–water partition coefficient (Wildman–Crippen LogP) is 5.16. The number of hydrogen-bond donors (Lipinski definition) is 1. The van der Waals surface area contributed by atoms with Crippen LogP contribution in [0.2, 0.25) is 5.02 Å². The molecule has 0 fully saturated rings. The zero-order valence-electron chi connectivity index (χ0n) is 20.8. The molecule has 3 aromatic carbocycles. The number of anilines is 1. The van der Waals surface area contributed by atoms with Crippen LogP contribution in [-0.2, 0) is 26.2 Å². The van der Waals surface area contributed by atoms with E-state index >= 15 is 0 Å². The van der Waals surface area contributed by atoms with Gasteiger partial charge < -0.3 is 10.2 Å². The number of aryl methyl sites for hydroxylation is 1. The average Bonchev–Trinajstić information content (AvgIpc) is 2.86. The molecule has 0 saturated carbocycles. The number of likely N-dealkylation sites (N-methyl/N-ethyl adjacent to an activating group) is 1. The van der Waals surface area contributed by atoms with Crippen LogP contribution in [0.15, 0.2) is 82.2 Å². The lowest BCUT2D eigenvalue weighted by Gasteiger charge is -2.32. The predicted molar refractivity (Wildman–Crippen MR) is 150 cm³/mol. The monoisotopic (exact) mass is 605 g/mol. The summed E-state index contributed by atoms with van der Waals surface area (Å²) >= 11 is 9.40. The SMILES string of the molecule is CCNC(=O)C(C)N(Cc1ccc(Cl)cc1)C(=O)CN(c1cccc(Br)c1)S(=O)(=O)c1ccc(C)cc1.